The Morgan fingerprint density at radius 1 is 1.25 bits per heavy atom. The summed E-state index contributed by atoms with van der Waals surface area (Å²) >= 11 is 7.50. The molecule has 0 aliphatic heterocycles. The van der Waals surface area contributed by atoms with Crippen LogP contribution in [0.1, 0.15) is 24.5 Å². The van der Waals surface area contributed by atoms with Crippen molar-refractivity contribution in [1.29, 1.82) is 0 Å². The van der Waals surface area contributed by atoms with Crippen LogP contribution in [-0.2, 0) is 6.54 Å². The van der Waals surface area contributed by atoms with Gasteiger partial charge >= 0.3 is 0 Å². The van der Waals surface area contributed by atoms with Gasteiger partial charge in [-0.2, -0.15) is 0 Å². The maximum atomic E-state index is 5.84. The van der Waals surface area contributed by atoms with Crippen LogP contribution in [0.2, 0.25) is 5.02 Å². The lowest BCUT2D eigenvalue weighted by Crippen LogP contribution is -2.14. The molecule has 0 atom stereocenters. The molecule has 2 nitrogen and oxygen atoms in total. The first kappa shape index (κ1) is 15.4. The molecule has 1 heterocycles. The summed E-state index contributed by atoms with van der Waals surface area (Å²) in [4.78, 5) is 5.51. The van der Waals surface area contributed by atoms with Gasteiger partial charge in [0.25, 0.3) is 0 Å². The predicted octanol–water partition coefficient (Wildman–Crippen LogP) is 4.69. The zero-order valence-electron chi connectivity index (χ0n) is 11.8. The van der Waals surface area contributed by atoms with Crippen LogP contribution in [0, 0.1) is 6.92 Å². The van der Waals surface area contributed by atoms with Crippen LogP contribution in [0.4, 0.5) is 0 Å². The Balaban J connectivity index is 2.03. The van der Waals surface area contributed by atoms with Gasteiger partial charge in [0.1, 0.15) is 5.03 Å². The van der Waals surface area contributed by atoms with Gasteiger partial charge in [-0.1, -0.05) is 36.4 Å². The van der Waals surface area contributed by atoms with E-state index in [9.17, 15) is 0 Å². The Kier molecular flexibility index (Phi) is 5.89. The van der Waals surface area contributed by atoms with Gasteiger partial charge in [-0.15, -0.1) is 0 Å². The molecule has 0 bridgehead atoms. The Bertz CT molecular complexity index is 555. The third-order valence-electron chi connectivity index (χ3n) is 2.98. The summed E-state index contributed by atoms with van der Waals surface area (Å²) in [6, 6.07) is 10.4. The number of rotatable bonds is 6. The first-order valence-electron chi connectivity index (χ1n) is 6.78. The van der Waals surface area contributed by atoms with E-state index < -0.39 is 0 Å². The first-order valence-corrected chi connectivity index (χ1v) is 7.98. The van der Waals surface area contributed by atoms with Gasteiger partial charge in [-0.05, 0) is 55.3 Å². The third-order valence-corrected chi connectivity index (χ3v) is 4.14. The van der Waals surface area contributed by atoms with Crippen LogP contribution in [0.25, 0.3) is 0 Å². The molecule has 1 aromatic carbocycles. The Hall–Kier alpha value is -1.03. The summed E-state index contributed by atoms with van der Waals surface area (Å²) in [7, 11) is 0. The van der Waals surface area contributed by atoms with Crippen molar-refractivity contribution in [1.82, 2.24) is 10.3 Å². The van der Waals surface area contributed by atoms with Crippen molar-refractivity contribution < 1.29 is 0 Å². The van der Waals surface area contributed by atoms with Crippen LogP contribution in [0.3, 0.4) is 0 Å². The quantitative estimate of drug-likeness (QED) is 0.783. The molecule has 0 saturated carbocycles. The monoisotopic (exact) mass is 306 g/mol. The van der Waals surface area contributed by atoms with E-state index in [1.807, 2.05) is 12.1 Å². The number of pyridine rings is 1. The van der Waals surface area contributed by atoms with E-state index in [-0.39, 0.29) is 0 Å². The van der Waals surface area contributed by atoms with Gasteiger partial charge in [0.05, 0.1) is 5.02 Å². The Morgan fingerprint density at radius 2 is 2.10 bits per heavy atom. The minimum atomic E-state index is 0.669. The summed E-state index contributed by atoms with van der Waals surface area (Å²) in [6.45, 7) is 6.33. The highest BCUT2D eigenvalue weighted by atomic mass is 35.5. The van der Waals surface area contributed by atoms with E-state index in [4.69, 9.17) is 11.6 Å². The molecule has 1 aromatic heterocycles. The van der Waals surface area contributed by atoms with E-state index >= 15 is 0 Å². The van der Waals surface area contributed by atoms with E-state index in [0.29, 0.717) is 5.02 Å². The van der Waals surface area contributed by atoms with Crippen LogP contribution < -0.4 is 5.32 Å². The number of hydrogen-bond donors (Lipinski definition) is 1. The van der Waals surface area contributed by atoms with Gasteiger partial charge in [0.2, 0.25) is 0 Å². The summed E-state index contributed by atoms with van der Waals surface area (Å²) < 4.78 is 0. The molecule has 0 saturated heterocycles. The number of aryl methyl sites for hydroxylation is 1. The fraction of sp³-hybridized carbons (Fsp3) is 0.312. The average Bonchev–Trinajstić information content (AvgIpc) is 2.44. The molecule has 2 rings (SSSR count). The second-order valence-corrected chi connectivity index (χ2v) is 6.21. The molecule has 0 aliphatic rings. The summed E-state index contributed by atoms with van der Waals surface area (Å²) in [5.41, 5.74) is 2.67. The zero-order valence-corrected chi connectivity index (χ0v) is 13.4. The van der Waals surface area contributed by atoms with Crippen molar-refractivity contribution in [2.45, 2.75) is 36.7 Å². The molecule has 2 aromatic rings. The van der Waals surface area contributed by atoms with Crippen LogP contribution >= 0.6 is 23.4 Å². The Labute approximate surface area is 130 Å². The molecular weight excluding hydrogens is 288 g/mol. The SMILES string of the molecule is CCCNCc1ccc(Sc2ccc(Cl)cn2)cc1C. The van der Waals surface area contributed by atoms with E-state index in [0.717, 1.165) is 24.5 Å². The van der Waals surface area contributed by atoms with E-state index in [2.05, 4.69) is 42.3 Å². The summed E-state index contributed by atoms with van der Waals surface area (Å²) in [5, 5.41) is 5.07. The molecule has 20 heavy (non-hydrogen) atoms. The predicted molar refractivity (Wildman–Crippen MR) is 86.5 cm³/mol. The largest absolute Gasteiger partial charge is 0.313 e. The van der Waals surface area contributed by atoms with Gasteiger partial charge in [-0.25, -0.2) is 4.98 Å². The molecular formula is C16H19ClN2S. The zero-order chi connectivity index (χ0) is 14.4. The number of benzene rings is 1. The molecule has 0 radical (unpaired) electrons. The number of nitrogens with one attached hydrogen (secondary N) is 1. The Morgan fingerprint density at radius 3 is 2.75 bits per heavy atom. The number of hydrogen-bond acceptors (Lipinski definition) is 3. The smallest absolute Gasteiger partial charge is 0.101 e. The minimum Gasteiger partial charge on any atom is -0.313 e. The highest BCUT2D eigenvalue weighted by molar-refractivity contribution is 7.99. The topological polar surface area (TPSA) is 24.9 Å². The second-order valence-electron chi connectivity index (χ2n) is 4.68. The lowest BCUT2D eigenvalue weighted by atomic mass is 10.1. The lowest BCUT2D eigenvalue weighted by molar-refractivity contribution is 0.673. The molecule has 0 amide bonds. The fourth-order valence-electron chi connectivity index (χ4n) is 1.87. The van der Waals surface area contributed by atoms with Crippen LogP contribution in [0.5, 0.6) is 0 Å². The van der Waals surface area contributed by atoms with Crippen LogP contribution in [0.15, 0.2) is 46.5 Å². The molecule has 0 fully saturated rings. The maximum Gasteiger partial charge on any atom is 0.101 e. The third kappa shape index (κ3) is 4.51. The fourth-order valence-corrected chi connectivity index (χ4v) is 2.84. The van der Waals surface area contributed by atoms with Gasteiger partial charge in [0, 0.05) is 17.6 Å². The molecule has 106 valence electrons. The highest BCUT2D eigenvalue weighted by Gasteiger charge is 2.03. The average molecular weight is 307 g/mol. The van der Waals surface area contributed by atoms with Crippen molar-refractivity contribution in [2.75, 3.05) is 6.54 Å². The summed E-state index contributed by atoms with van der Waals surface area (Å²) in [5.74, 6) is 0. The first-order chi connectivity index (χ1) is 9.69. The maximum absolute atomic E-state index is 5.84. The highest BCUT2D eigenvalue weighted by Crippen LogP contribution is 2.28. The normalized spacial score (nSPS) is 10.8. The molecule has 1 N–H and O–H groups in total. The van der Waals surface area contributed by atoms with Crippen molar-refractivity contribution in [3.05, 3.63) is 52.7 Å². The van der Waals surface area contributed by atoms with Crippen molar-refractivity contribution in [3.63, 3.8) is 0 Å². The minimum absolute atomic E-state index is 0.669. The number of aromatic nitrogens is 1. The molecule has 0 spiro atoms. The van der Waals surface area contributed by atoms with Gasteiger partial charge < -0.3 is 5.32 Å². The standard InChI is InChI=1S/C16H19ClN2S/c1-3-8-18-10-13-4-6-15(9-12(13)2)20-16-7-5-14(17)11-19-16/h4-7,9,11,18H,3,8,10H2,1-2H3. The number of nitrogens with zero attached hydrogens (tertiary/aromatic N) is 1. The summed E-state index contributed by atoms with van der Waals surface area (Å²) in [6.07, 6.45) is 2.84. The van der Waals surface area contributed by atoms with E-state index in [1.54, 1.807) is 18.0 Å². The van der Waals surface area contributed by atoms with E-state index in [1.165, 1.54) is 16.0 Å². The van der Waals surface area contributed by atoms with Crippen molar-refractivity contribution >= 4 is 23.4 Å². The van der Waals surface area contributed by atoms with Gasteiger partial charge in [-0.3, -0.25) is 0 Å². The van der Waals surface area contributed by atoms with Gasteiger partial charge in [0.15, 0.2) is 0 Å². The lowest BCUT2D eigenvalue weighted by Gasteiger charge is -2.09. The molecule has 4 heteroatoms. The molecule has 0 aliphatic carbocycles. The van der Waals surface area contributed by atoms with Crippen molar-refractivity contribution in [3.8, 4) is 0 Å². The van der Waals surface area contributed by atoms with Crippen LogP contribution in [-0.4, -0.2) is 11.5 Å². The second kappa shape index (κ2) is 7.67. The number of halogens is 1. The molecule has 0 unspecified atom stereocenters. The van der Waals surface area contributed by atoms with Crippen molar-refractivity contribution in [2.24, 2.45) is 0 Å².